The smallest absolute Gasteiger partial charge is 0.174 e. The molecular formula is C18H21NO3. The number of nitrogens with zero attached hydrogens (tertiary/aromatic N) is 1. The molecule has 2 aliphatic heterocycles. The summed E-state index contributed by atoms with van der Waals surface area (Å²) in [5, 5.41) is 0. The maximum atomic E-state index is 13.0. The van der Waals surface area contributed by atoms with Crippen LogP contribution >= 0.6 is 0 Å². The normalized spacial score (nSPS) is 50.0. The molecule has 4 atom stereocenters. The molecule has 2 fully saturated rings. The summed E-state index contributed by atoms with van der Waals surface area (Å²) in [6.07, 6.45) is -3.35. The van der Waals surface area contributed by atoms with Gasteiger partial charge in [0.25, 0.3) is 0 Å². The Bertz CT molecular complexity index is 995. The van der Waals surface area contributed by atoms with Crippen LogP contribution in [-0.2, 0) is 16.6 Å². The van der Waals surface area contributed by atoms with Gasteiger partial charge in [0.05, 0.1) is 15.3 Å². The fourth-order valence-corrected chi connectivity index (χ4v) is 4.79. The van der Waals surface area contributed by atoms with E-state index in [0.29, 0.717) is 19.4 Å². The maximum absolute atomic E-state index is 13.0. The topological polar surface area (TPSA) is 38.8 Å². The molecule has 0 N–H and O–H groups in total. The molecule has 0 radical (unpaired) electrons. The number of piperidine rings is 1. The van der Waals surface area contributed by atoms with Crippen molar-refractivity contribution < 1.29 is 25.2 Å². The van der Waals surface area contributed by atoms with E-state index < -0.39 is 60.5 Å². The largest absolute Gasteiger partial charge is 0.493 e. The monoisotopic (exact) mass is 307 g/mol. The van der Waals surface area contributed by atoms with Gasteiger partial charge in [0.1, 0.15) is 0 Å². The van der Waals surface area contributed by atoms with Crippen LogP contribution in [0.4, 0.5) is 0 Å². The Kier molecular flexibility index (Phi) is 1.35. The summed E-state index contributed by atoms with van der Waals surface area (Å²) < 4.78 is 77.1. The van der Waals surface area contributed by atoms with E-state index in [9.17, 15) is 4.79 Å². The Hall–Kier alpha value is -1.55. The van der Waals surface area contributed by atoms with Crippen molar-refractivity contribution in [3.63, 3.8) is 0 Å². The van der Waals surface area contributed by atoms with E-state index in [1.807, 2.05) is 4.90 Å². The van der Waals surface area contributed by atoms with Crippen LogP contribution in [0.25, 0.3) is 0 Å². The van der Waals surface area contributed by atoms with Gasteiger partial charge < -0.3 is 14.4 Å². The zero-order chi connectivity index (χ0) is 22.0. The van der Waals surface area contributed by atoms with Gasteiger partial charge in [0.15, 0.2) is 23.4 Å². The van der Waals surface area contributed by atoms with Crippen LogP contribution < -0.4 is 9.47 Å². The molecule has 116 valence electrons. The summed E-state index contributed by atoms with van der Waals surface area (Å²) in [4.78, 5) is 14.8. The molecule has 4 nitrogen and oxygen atoms in total. The molecule has 1 aromatic rings. The summed E-state index contributed by atoms with van der Waals surface area (Å²) in [7, 11) is -1.15. The van der Waals surface area contributed by atoms with Crippen LogP contribution in [0.5, 0.6) is 11.5 Å². The van der Waals surface area contributed by atoms with Gasteiger partial charge in [-0.05, 0) is 50.3 Å². The fourth-order valence-electron chi connectivity index (χ4n) is 4.79. The molecule has 0 aromatic heterocycles. The van der Waals surface area contributed by atoms with Crippen LogP contribution in [0.3, 0.4) is 0 Å². The highest BCUT2D eigenvalue weighted by Gasteiger charge is 2.65. The van der Waals surface area contributed by atoms with Gasteiger partial charge in [-0.25, -0.2) is 0 Å². The number of hydrogen-bond acceptors (Lipinski definition) is 4. The fraction of sp³-hybridized carbons (Fsp3) is 0.611. The van der Waals surface area contributed by atoms with Crippen molar-refractivity contribution in [3.05, 3.63) is 23.2 Å². The number of likely N-dealkylation sites (tertiary alicyclic amines) is 1. The highest BCUT2D eigenvalue weighted by atomic mass is 16.5. The molecule has 1 spiro atoms. The number of rotatable bonds is 1. The van der Waals surface area contributed by atoms with Gasteiger partial charge >= 0.3 is 0 Å². The highest BCUT2D eigenvalue weighted by molar-refractivity contribution is 5.89. The molecule has 1 saturated carbocycles. The lowest BCUT2D eigenvalue weighted by atomic mass is 9.52. The summed E-state index contributed by atoms with van der Waals surface area (Å²) in [5.41, 5.74) is -1.10. The molecule has 4 heteroatoms. The lowest BCUT2D eigenvalue weighted by molar-refractivity contribution is -0.138. The van der Waals surface area contributed by atoms with Crippen LogP contribution in [0, 0.1) is 5.92 Å². The quantitative estimate of drug-likeness (QED) is 0.795. The summed E-state index contributed by atoms with van der Waals surface area (Å²) in [5.74, 6) is -1.63. The first-order chi connectivity index (χ1) is 13.8. The number of hydrogen-bond donors (Lipinski definition) is 0. The van der Waals surface area contributed by atoms with Crippen molar-refractivity contribution in [1.82, 2.24) is 4.90 Å². The molecule has 2 heterocycles. The van der Waals surface area contributed by atoms with Crippen molar-refractivity contribution in [2.75, 3.05) is 20.6 Å². The molecule has 0 amide bonds. The predicted molar refractivity (Wildman–Crippen MR) is 81.6 cm³/mol. The molecular weight excluding hydrogens is 278 g/mol. The second kappa shape index (κ2) is 4.05. The van der Waals surface area contributed by atoms with E-state index in [1.54, 1.807) is 7.05 Å². The van der Waals surface area contributed by atoms with Crippen LogP contribution in [0.15, 0.2) is 12.1 Å². The zero-order valence-corrected chi connectivity index (χ0v) is 12.2. The highest BCUT2D eigenvalue weighted by Crippen LogP contribution is 2.62. The Morgan fingerprint density at radius 1 is 1.64 bits per heavy atom. The van der Waals surface area contributed by atoms with Gasteiger partial charge in [0, 0.05) is 26.2 Å². The number of methoxy groups -OCH3 is 1. The first-order valence-corrected chi connectivity index (χ1v) is 7.57. The molecule has 2 bridgehead atoms. The molecule has 22 heavy (non-hydrogen) atoms. The van der Waals surface area contributed by atoms with Crippen molar-refractivity contribution in [1.29, 1.82) is 0 Å². The maximum Gasteiger partial charge on any atom is 0.174 e. The number of carbonyl (C=O) groups excluding carboxylic acids is 1. The van der Waals surface area contributed by atoms with Crippen molar-refractivity contribution in [3.8, 4) is 11.5 Å². The summed E-state index contributed by atoms with van der Waals surface area (Å²) >= 11 is 0. The lowest BCUT2D eigenvalue weighted by Gasteiger charge is -2.57. The number of Topliss-reactive ketones (excluding diaryl/α,β-unsaturated/α-hetero) is 1. The number of carbonyl (C=O) groups is 1. The second-order valence-electron chi connectivity index (χ2n) is 6.55. The minimum absolute atomic E-state index is 0.0522. The summed E-state index contributed by atoms with van der Waals surface area (Å²) in [6.45, 7) is 0.419. The van der Waals surface area contributed by atoms with Crippen LogP contribution in [0.1, 0.15) is 41.4 Å². The second-order valence-corrected chi connectivity index (χ2v) is 6.55. The lowest BCUT2D eigenvalue weighted by Crippen LogP contribution is -2.65. The molecule has 1 saturated heterocycles. The Balaban J connectivity index is 1.92. The standard InChI is InChI=1S/C18H21NO3/c1-19-8-7-18-11-4-5-13(20)17(18)22-16-14(21-2)6-3-10(15(16)18)9-12(11)19/h3,6,11-12,17H,4-5,7-9H2,1-2H3/t11-,12+,17?,18-/m0/s1/i2D3,3D,6D,9D2,17D. The van der Waals surface area contributed by atoms with E-state index in [0.717, 1.165) is 0 Å². The molecule has 5 rings (SSSR count). The summed E-state index contributed by atoms with van der Waals surface area (Å²) in [6, 6.07) is -1.79. The van der Waals surface area contributed by atoms with E-state index >= 15 is 0 Å². The first kappa shape index (κ1) is 7.35. The van der Waals surface area contributed by atoms with Gasteiger partial charge in [-0.1, -0.05) is 6.04 Å². The molecule has 1 unspecified atom stereocenters. The number of ketones is 1. The molecule has 2 aliphatic carbocycles. The van der Waals surface area contributed by atoms with Gasteiger partial charge in [-0.3, -0.25) is 4.79 Å². The van der Waals surface area contributed by atoms with E-state index in [-0.39, 0.29) is 23.3 Å². The van der Waals surface area contributed by atoms with Gasteiger partial charge in [-0.15, -0.1) is 0 Å². The van der Waals surface area contributed by atoms with E-state index in [4.69, 9.17) is 20.4 Å². The molecule has 1 aromatic carbocycles. The van der Waals surface area contributed by atoms with Gasteiger partial charge in [0.2, 0.25) is 0 Å². The van der Waals surface area contributed by atoms with Crippen molar-refractivity contribution in [2.45, 2.75) is 43.2 Å². The van der Waals surface area contributed by atoms with Crippen LogP contribution in [0.2, 0.25) is 0 Å². The van der Waals surface area contributed by atoms with E-state index in [2.05, 4.69) is 0 Å². The zero-order valence-electron chi connectivity index (χ0n) is 20.2. The third kappa shape index (κ3) is 1.27. The predicted octanol–water partition coefficient (Wildman–Crippen LogP) is 1.93. The first-order valence-electron chi connectivity index (χ1n) is 11.6. The number of likely N-dealkylation sites (N-methyl/N-ethyl adjacent to an activating group) is 1. The van der Waals surface area contributed by atoms with Crippen LogP contribution in [-0.4, -0.2) is 43.4 Å². The Morgan fingerprint density at radius 3 is 3.41 bits per heavy atom. The SMILES string of the molecule is [2H]c1c([2H])c2c3c(c1OC([2H])([2H])[2H])OC1([2H])C(=O)CC[C@H]4[C@H](N(C)CC[C@@]341)C2([2H])[2H]. The average Bonchev–Trinajstić information content (AvgIpc) is 2.89. The minimum Gasteiger partial charge on any atom is -0.493 e. The number of benzene rings is 1. The third-order valence-electron chi connectivity index (χ3n) is 5.72. The minimum atomic E-state index is -2.94. The Labute approximate surface area is 141 Å². The average molecular weight is 307 g/mol. The third-order valence-corrected chi connectivity index (χ3v) is 5.72. The van der Waals surface area contributed by atoms with Gasteiger partial charge in [-0.2, -0.15) is 0 Å². The number of ether oxygens (including phenoxy) is 2. The molecule has 4 aliphatic rings. The van der Waals surface area contributed by atoms with Crippen molar-refractivity contribution >= 4 is 5.78 Å². The Morgan fingerprint density at radius 2 is 2.55 bits per heavy atom. The van der Waals surface area contributed by atoms with E-state index in [1.165, 1.54) is 0 Å². The van der Waals surface area contributed by atoms with Crippen molar-refractivity contribution in [2.24, 2.45) is 5.92 Å².